The van der Waals surface area contributed by atoms with Crippen LogP contribution in [-0.2, 0) is 9.59 Å². The second-order valence-electron chi connectivity index (χ2n) is 5.29. The smallest absolute Gasteiger partial charge is 0.226 e. The molecule has 0 aliphatic rings. The molecular formula is C19H16N4O2. The lowest BCUT2D eigenvalue weighted by Gasteiger charge is -2.22. The average molecular weight is 332 g/mol. The van der Waals surface area contributed by atoms with Gasteiger partial charge in [0.25, 0.3) is 0 Å². The van der Waals surface area contributed by atoms with Gasteiger partial charge in [0.05, 0.1) is 22.9 Å². The molecule has 124 valence electrons. The van der Waals surface area contributed by atoms with Crippen LogP contribution in [0.1, 0.15) is 24.5 Å². The van der Waals surface area contributed by atoms with Crippen molar-refractivity contribution in [2.75, 3.05) is 16.8 Å². The van der Waals surface area contributed by atoms with Gasteiger partial charge in [-0.15, -0.1) is 0 Å². The first-order valence-corrected chi connectivity index (χ1v) is 7.62. The van der Waals surface area contributed by atoms with Gasteiger partial charge in [-0.25, -0.2) is 0 Å². The molecule has 0 aliphatic carbocycles. The molecule has 0 saturated carbocycles. The topological polar surface area (TPSA) is 97.0 Å². The van der Waals surface area contributed by atoms with Crippen LogP contribution in [0.4, 0.5) is 11.4 Å². The zero-order valence-electron chi connectivity index (χ0n) is 13.7. The van der Waals surface area contributed by atoms with Gasteiger partial charge in [-0.2, -0.15) is 10.5 Å². The normalized spacial score (nSPS) is 9.56. The Morgan fingerprint density at radius 3 is 2.52 bits per heavy atom. The Hall–Kier alpha value is -3.64. The molecule has 0 aromatic heterocycles. The molecule has 0 heterocycles. The summed E-state index contributed by atoms with van der Waals surface area (Å²) in [7, 11) is 0. The number of hydrogen-bond acceptors (Lipinski definition) is 4. The molecule has 2 aromatic carbocycles. The summed E-state index contributed by atoms with van der Waals surface area (Å²) in [6, 6.07) is 17.4. The molecule has 0 unspecified atom stereocenters. The first-order valence-electron chi connectivity index (χ1n) is 7.62. The number of benzene rings is 2. The predicted molar refractivity (Wildman–Crippen MR) is 93.6 cm³/mol. The van der Waals surface area contributed by atoms with E-state index in [1.807, 2.05) is 12.1 Å². The Morgan fingerprint density at radius 1 is 1.08 bits per heavy atom. The molecule has 25 heavy (non-hydrogen) atoms. The van der Waals surface area contributed by atoms with Gasteiger partial charge in [-0.1, -0.05) is 18.2 Å². The minimum Gasteiger partial charge on any atom is -0.326 e. The summed E-state index contributed by atoms with van der Waals surface area (Å²) in [5.41, 5.74) is 1.83. The number of rotatable bonds is 5. The summed E-state index contributed by atoms with van der Waals surface area (Å²) in [6.45, 7) is 1.54. The highest BCUT2D eigenvalue weighted by atomic mass is 16.2. The number of amides is 2. The van der Waals surface area contributed by atoms with Gasteiger partial charge >= 0.3 is 0 Å². The zero-order chi connectivity index (χ0) is 18.2. The van der Waals surface area contributed by atoms with Crippen molar-refractivity contribution in [3.05, 3.63) is 59.7 Å². The van der Waals surface area contributed by atoms with Crippen molar-refractivity contribution in [3.63, 3.8) is 0 Å². The van der Waals surface area contributed by atoms with Crippen molar-refractivity contribution in [1.29, 1.82) is 10.5 Å². The van der Waals surface area contributed by atoms with Crippen LogP contribution in [0.3, 0.4) is 0 Å². The molecule has 1 N–H and O–H groups in total. The van der Waals surface area contributed by atoms with Crippen LogP contribution in [0, 0.1) is 22.7 Å². The van der Waals surface area contributed by atoms with E-state index in [9.17, 15) is 14.9 Å². The quantitative estimate of drug-likeness (QED) is 0.910. The van der Waals surface area contributed by atoms with E-state index in [2.05, 4.69) is 5.32 Å². The molecule has 0 atom stereocenters. The maximum atomic E-state index is 12.1. The second-order valence-corrected chi connectivity index (χ2v) is 5.29. The lowest BCUT2D eigenvalue weighted by molar-refractivity contribution is -0.117. The van der Waals surface area contributed by atoms with Gasteiger partial charge < -0.3 is 10.2 Å². The summed E-state index contributed by atoms with van der Waals surface area (Å²) in [6.07, 6.45) is 0.0656. The number of carbonyl (C=O) groups excluding carboxylic acids is 2. The summed E-state index contributed by atoms with van der Waals surface area (Å²) >= 11 is 0. The van der Waals surface area contributed by atoms with Crippen LogP contribution >= 0.6 is 0 Å². The third kappa shape index (κ3) is 4.66. The SMILES string of the molecule is CC(=O)N(CCC(=O)Nc1cccc(C#N)c1)c1ccccc1C#N. The number of para-hydroxylation sites is 1. The monoisotopic (exact) mass is 332 g/mol. The van der Waals surface area contributed by atoms with E-state index in [0.717, 1.165) is 0 Å². The molecule has 0 radical (unpaired) electrons. The van der Waals surface area contributed by atoms with Crippen molar-refractivity contribution >= 4 is 23.2 Å². The van der Waals surface area contributed by atoms with Crippen molar-refractivity contribution in [2.24, 2.45) is 0 Å². The summed E-state index contributed by atoms with van der Waals surface area (Å²) in [4.78, 5) is 25.5. The highest BCUT2D eigenvalue weighted by molar-refractivity contribution is 5.95. The molecule has 2 amide bonds. The van der Waals surface area contributed by atoms with E-state index in [4.69, 9.17) is 5.26 Å². The highest BCUT2D eigenvalue weighted by Crippen LogP contribution is 2.20. The molecule has 0 bridgehead atoms. The van der Waals surface area contributed by atoms with Crippen molar-refractivity contribution < 1.29 is 9.59 Å². The van der Waals surface area contributed by atoms with E-state index < -0.39 is 0 Å². The van der Waals surface area contributed by atoms with Crippen molar-refractivity contribution in [3.8, 4) is 12.1 Å². The number of nitrogens with zero attached hydrogens (tertiary/aromatic N) is 3. The maximum Gasteiger partial charge on any atom is 0.226 e. The van der Waals surface area contributed by atoms with Crippen LogP contribution in [0.2, 0.25) is 0 Å². The number of nitriles is 2. The van der Waals surface area contributed by atoms with Crippen LogP contribution < -0.4 is 10.2 Å². The molecule has 0 spiro atoms. The third-order valence-electron chi connectivity index (χ3n) is 3.53. The van der Waals surface area contributed by atoms with Crippen molar-refractivity contribution in [1.82, 2.24) is 0 Å². The molecule has 0 aliphatic heterocycles. The molecule has 6 heteroatoms. The van der Waals surface area contributed by atoms with E-state index >= 15 is 0 Å². The van der Waals surface area contributed by atoms with E-state index in [1.165, 1.54) is 11.8 Å². The Labute approximate surface area is 145 Å². The van der Waals surface area contributed by atoms with Gasteiger partial charge in [0, 0.05) is 25.6 Å². The Balaban J connectivity index is 2.06. The molecule has 0 saturated heterocycles. The highest BCUT2D eigenvalue weighted by Gasteiger charge is 2.16. The average Bonchev–Trinajstić information content (AvgIpc) is 2.62. The molecule has 6 nitrogen and oxygen atoms in total. The van der Waals surface area contributed by atoms with Gasteiger partial charge in [-0.05, 0) is 30.3 Å². The number of anilines is 2. The second kappa shape index (κ2) is 8.28. The first kappa shape index (κ1) is 17.7. The van der Waals surface area contributed by atoms with E-state index in [1.54, 1.807) is 48.5 Å². The number of carbonyl (C=O) groups is 2. The fraction of sp³-hybridized carbons (Fsp3) is 0.158. The third-order valence-corrected chi connectivity index (χ3v) is 3.53. The lowest BCUT2D eigenvalue weighted by Crippen LogP contribution is -2.32. The van der Waals surface area contributed by atoms with Crippen LogP contribution in [0.15, 0.2) is 48.5 Å². The summed E-state index contributed by atoms with van der Waals surface area (Å²) < 4.78 is 0. The molecule has 0 fully saturated rings. The Bertz CT molecular complexity index is 877. The number of hydrogen-bond donors (Lipinski definition) is 1. The van der Waals surface area contributed by atoms with E-state index in [0.29, 0.717) is 22.5 Å². The summed E-state index contributed by atoms with van der Waals surface area (Å²) in [5, 5.41) is 20.8. The minimum atomic E-state index is -0.282. The Kier molecular flexibility index (Phi) is 5.86. The van der Waals surface area contributed by atoms with Gasteiger partial charge in [-0.3, -0.25) is 9.59 Å². The van der Waals surface area contributed by atoms with Gasteiger partial charge in [0.15, 0.2) is 0 Å². The Morgan fingerprint density at radius 2 is 1.84 bits per heavy atom. The van der Waals surface area contributed by atoms with Gasteiger partial charge in [0.2, 0.25) is 11.8 Å². The maximum absolute atomic E-state index is 12.1. The van der Waals surface area contributed by atoms with E-state index in [-0.39, 0.29) is 24.8 Å². The van der Waals surface area contributed by atoms with Crippen LogP contribution in [0.5, 0.6) is 0 Å². The van der Waals surface area contributed by atoms with Crippen LogP contribution in [0.25, 0.3) is 0 Å². The number of nitrogens with one attached hydrogen (secondary N) is 1. The lowest BCUT2D eigenvalue weighted by atomic mass is 10.1. The largest absolute Gasteiger partial charge is 0.326 e. The zero-order valence-corrected chi connectivity index (χ0v) is 13.7. The molecular weight excluding hydrogens is 316 g/mol. The van der Waals surface area contributed by atoms with Crippen molar-refractivity contribution in [2.45, 2.75) is 13.3 Å². The fourth-order valence-electron chi connectivity index (χ4n) is 2.35. The summed E-state index contributed by atoms with van der Waals surface area (Å²) in [5.74, 6) is -0.530. The molecule has 2 aromatic rings. The standard InChI is InChI=1S/C19H16N4O2/c1-14(24)23(18-8-3-2-6-16(18)13-21)10-9-19(25)22-17-7-4-5-15(11-17)12-20/h2-8,11H,9-10H2,1H3,(H,22,25). The first-order chi connectivity index (χ1) is 12.0. The fourth-order valence-corrected chi connectivity index (χ4v) is 2.35. The minimum absolute atomic E-state index is 0.0656. The molecule has 2 rings (SSSR count). The predicted octanol–water partition coefficient (Wildman–Crippen LogP) is 2.81. The van der Waals surface area contributed by atoms with Gasteiger partial charge in [0.1, 0.15) is 6.07 Å². The van der Waals surface area contributed by atoms with Crippen LogP contribution in [-0.4, -0.2) is 18.4 Å².